The molecular formula is C27H21Cl2NO3S. The highest BCUT2D eigenvalue weighted by molar-refractivity contribution is 7.21. The average molecular weight is 510 g/mol. The van der Waals surface area contributed by atoms with Crippen LogP contribution in [0.2, 0.25) is 10.0 Å². The minimum Gasteiger partial charge on any atom is -0.488 e. The second-order valence-electron chi connectivity index (χ2n) is 8.09. The zero-order valence-electron chi connectivity index (χ0n) is 18.7. The molecule has 2 aromatic heterocycles. The topological polar surface area (TPSA) is 52.3 Å². The number of thiazole rings is 1. The molecule has 5 rings (SSSR count). The van der Waals surface area contributed by atoms with Crippen molar-refractivity contribution >= 4 is 55.7 Å². The first-order valence-electron chi connectivity index (χ1n) is 11.0. The van der Waals surface area contributed by atoms with Gasteiger partial charge in [0.15, 0.2) is 0 Å². The Kier molecular flexibility index (Phi) is 6.34. The van der Waals surface area contributed by atoms with E-state index in [-0.39, 0.29) is 5.43 Å². The summed E-state index contributed by atoms with van der Waals surface area (Å²) in [5, 5.41) is 2.19. The number of aryl methyl sites for hydroxylation is 2. The van der Waals surface area contributed by atoms with Crippen molar-refractivity contribution in [3.63, 3.8) is 0 Å². The highest BCUT2D eigenvalue weighted by Gasteiger charge is 2.19. The Morgan fingerprint density at radius 3 is 2.65 bits per heavy atom. The van der Waals surface area contributed by atoms with Gasteiger partial charge in [0.1, 0.15) is 28.7 Å². The molecule has 0 atom stereocenters. The van der Waals surface area contributed by atoms with Gasteiger partial charge in [-0.25, -0.2) is 4.98 Å². The van der Waals surface area contributed by atoms with Crippen molar-refractivity contribution in [1.82, 2.24) is 4.98 Å². The van der Waals surface area contributed by atoms with Crippen LogP contribution in [0, 0.1) is 6.92 Å². The predicted molar refractivity (Wildman–Crippen MR) is 141 cm³/mol. The summed E-state index contributed by atoms with van der Waals surface area (Å²) in [7, 11) is 0. The van der Waals surface area contributed by atoms with Gasteiger partial charge in [-0.3, -0.25) is 4.79 Å². The molecule has 0 fully saturated rings. The number of nitrogens with zero attached hydrogens (tertiary/aromatic N) is 1. The maximum absolute atomic E-state index is 13.6. The van der Waals surface area contributed by atoms with Crippen LogP contribution in [-0.4, -0.2) is 4.98 Å². The molecule has 5 aromatic rings. The molecule has 0 bridgehead atoms. The van der Waals surface area contributed by atoms with Crippen LogP contribution >= 0.6 is 34.5 Å². The summed E-state index contributed by atoms with van der Waals surface area (Å²) >= 11 is 13.7. The van der Waals surface area contributed by atoms with Gasteiger partial charge < -0.3 is 9.15 Å². The Morgan fingerprint density at radius 2 is 1.88 bits per heavy atom. The molecular weight excluding hydrogens is 489 g/mol. The maximum Gasteiger partial charge on any atom is 0.203 e. The first-order chi connectivity index (χ1) is 16.4. The van der Waals surface area contributed by atoms with Gasteiger partial charge in [-0.2, -0.15) is 0 Å². The molecule has 4 nitrogen and oxygen atoms in total. The summed E-state index contributed by atoms with van der Waals surface area (Å²) in [5.74, 6) is 1.23. The number of hydrogen-bond acceptors (Lipinski definition) is 5. The van der Waals surface area contributed by atoms with Crippen LogP contribution in [0.4, 0.5) is 0 Å². The summed E-state index contributed by atoms with van der Waals surface area (Å²) < 4.78 is 13.3. The van der Waals surface area contributed by atoms with E-state index in [2.05, 4.69) is 11.9 Å². The fraction of sp³-hybridized carbons (Fsp3) is 0.185. The summed E-state index contributed by atoms with van der Waals surface area (Å²) in [5.41, 5.74) is 3.67. The van der Waals surface area contributed by atoms with Crippen LogP contribution in [0.1, 0.15) is 30.2 Å². The second-order valence-corrected chi connectivity index (χ2v) is 9.94. The van der Waals surface area contributed by atoms with Crippen LogP contribution in [0.15, 0.2) is 63.8 Å². The number of aromatic nitrogens is 1. The molecule has 0 radical (unpaired) electrons. The molecule has 0 unspecified atom stereocenters. The summed E-state index contributed by atoms with van der Waals surface area (Å²) in [4.78, 5) is 18.3. The van der Waals surface area contributed by atoms with E-state index in [0.717, 1.165) is 34.2 Å². The quantitative estimate of drug-likeness (QED) is 0.231. The number of fused-ring (bicyclic) bond motifs is 2. The van der Waals surface area contributed by atoms with Gasteiger partial charge in [-0.15, -0.1) is 11.3 Å². The third-order valence-electron chi connectivity index (χ3n) is 5.65. The maximum atomic E-state index is 13.6. The van der Waals surface area contributed by atoms with E-state index in [1.807, 2.05) is 42.5 Å². The van der Waals surface area contributed by atoms with E-state index in [0.29, 0.717) is 49.7 Å². The fourth-order valence-electron chi connectivity index (χ4n) is 3.99. The summed E-state index contributed by atoms with van der Waals surface area (Å²) in [6, 6.07) is 17.0. The SMILES string of the molecule is CCCc1cc2c(=O)c(-c3nc4ccccc4s3)c(C)oc2cc1OCc1ccc(Cl)c(Cl)c1. The number of benzene rings is 3. The van der Waals surface area contributed by atoms with E-state index in [9.17, 15) is 4.79 Å². The van der Waals surface area contributed by atoms with Gasteiger partial charge in [-0.05, 0) is 54.8 Å². The fourth-order valence-corrected chi connectivity index (χ4v) is 5.37. The minimum atomic E-state index is -0.0776. The van der Waals surface area contributed by atoms with E-state index in [1.54, 1.807) is 19.1 Å². The number of ether oxygens (including phenoxy) is 1. The first kappa shape index (κ1) is 22.9. The number of rotatable bonds is 6. The third-order valence-corrected chi connectivity index (χ3v) is 7.45. The van der Waals surface area contributed by atoms with Crippen molar-refractivity contribution in [3.05, 3.63) is 91.8 Å². The van der Waals surface area contributed by atoms with E-state index >= 15 is 0 Å². The molecule has 0 aliphatic carbocycles. The van der Waals surface area contributed by atoms with Crippen molar-refractivity contribution in [3.8, 4) is 16.3 Å². The zero-order valence-corrected chi connectivity index (χ0v) is 21.0. The molecule has 0 spiro atoms. The van der Waals surface area contributed by atoms with Crippen molar-refractivity contribution in [2.24, 2.45) is 0 Å². The Balaban J connectivity index is 1.57. The van der Waals surface area contributed by atoms with Crippen molar-refractivity contribution in [2.45, 2.75) is 33.3 Å². The molecule has 0 saturated carbocycles. The van der Waals surface area contributed by atoms with Crippen LogP contribution in [0.5, 0.6) is 5.75 Å². The van der Waals surface area contributed by atoms with E-state index < -0.39 is 0 Å². The second kappa shape index (κ2) is 9.41. The first-order valence-corrected chi connectivity index (χ1v) is 12.5. The highest BCUT2D eigenvalue weighted by Crippen LogP contribution is 2.34. The number of para-hydroxylation sites is 1. The Labute approximate surface area is 210 Å². The average Bonchev–Trinajstić information content (AvgIpc) is 3.24. The van der Waals surface area contributed by atoms with Crippen LogP contribution in [0.3, 0.4) is 0 Å². The largest absolute Gasteiger partial charge is 0.488 e. The lowest BCUT2D eigenvalue weighted by molar-refractivity contribution is 0.303. The molecule has 0 N–H and O–H groups in total. The molecule has 2 heterocycles. The van der Waals surface area contributed by atoms with E-state index in [1.165, 1.54) is 11.3 Å². The van der Waals surface area contributed by atoms with Crippen molar-refractivity contribution in [2.75, 3.05) is 0 Å². The molecule has 0 amide bonds. The lowest BCUT2D eigenvalue weighted by atomic mass is 10.0. The standard InChI is InChI=1S/C27H21Cl2NO3S/c1-3-6-17-12-18-23(13-22(17)32-14-16-9-10-19(28)20(29)11-16)33-15(2)25(26(18)31)27-30-21-7-4-5-8-24(21)34-27/h4-5,7-13H,3,6,14H2,1-2H3. The van der Waals surface area contributed by atoms with Crippen molar-refractivity contribution < 1.29 is 9.15 Å². The van der Waals surface area contributed by atoms with Crippen molar-refractivity contribution in [1.29, 1.82) is 0 Å². The zero-order chi connectivity index (χ0) is 23.8. The van der Waals surface area contributed by atoms with Gasteiger partial charge in [0.25, 0.3) is 0 Å². The van der Waals surface area contributed by atoms with Gasteiger partial charge >= 0.3 is 0 Å². The molecule has 0 aliphatic rings. The van der Waals surface area contributed by atoms with Gasteiger partial charge in [0, 0.05) is 6.07 Å². The normalized spacial score (nSPS) is 11.4. The van der Waals surface area contributed by atoms with Crippen LogP contribution in [0.25, 0.3) is 31.8 Å². The molecule has 172 valence electrons. The lowest BCUT2D eigenvalue weighted by Gasteiger charge is -2.14. The molecule has 34 heavy (non-hydrogen) atoms. The van der Waals surface area contributed by atoms with Gasteiger partial charge in [0.2, 0.25) is 5.43 Å². The molecule has 7 heteroatoms. The number of halogens is 2. The van der Waals surface area contributed by atoms with E-state index in [4.69, 9.17) is 32.4 Å². The van der Waals surface area contributed by atoms with Gasteiger partial charge in [0.05, 0.1) is 31.2 Å². The highest BCUT2D eigenvalue weighted by atomic mass is 35.5. The summed E-state index contributed by atoms with van der Waals surface area (Å²) in [6.07, 6.45) is 1.69. The molecule has 0 aliphatic heterocycles. The molecule has 0 saturated heterocycles. The predicted octanol–water partition coefficient (Wildman–Crippen LogP) is 8.22. The Morgan fingerprint density at radius 1 is 1.06 bits per heavy atom. The lowest BCUT2D eigenvalue weighted by Crippen LogP contribution is -2.09. The number of hydrogen-bond donors (Lipinski definition) is 0. The van der Waals surface area contributed by atoms with Gasteiger partial charge in [-0.1, -0.05) is 54.7 Å². The minimum absolute atomic E-state index is 0.0776. The van der Waals surface area contributed by atoms with Crippen LogP contribution < -0.4 is 10.2 Å². The molecule has 3 aromatic carbocycles. The Bertz CT molecular complexity index is 1560. The van der Waals surface area contributed by atoms with Crippen LogP contribution in [-0.2, 0) is 13.0 Å². The smallest absolute Gasteiger partial charge is 0.203 e. The Hall–Kier alpha value is -2.86. The third kappa shape index (κ3) is 4.31. The summed E-state index contributed by atoms with van der Waals surface area (Å²) in [6.45, 7) is 4.22. The monoisotopic (exact) mass is 509 g/mol.